The Balaban J connectivity index is 3.20. The van der Waals surface area contributed by atoms with Gasteiger partial charge in [-0.25, -0.2) is 9.97 Å². The predicted octanol–water partition coefficient (Wildman–Crippen LogP) is 1.82. The Hall–Kier alpha value is -0.670. The van der Waals surface area contributed by atoms with Crippen LogP contribution in [0, 0.1) is 6.92 Å². The number of aryl methyl sites for hydroxylation is 1. The number of aromatic nitrogens is 2. The van der Waals surface area contributed by atoms with Gasteiger partial charge in [-0.3, -0.25) is 4.79 Å². The van der Waals surface area contributed by atoms with Crippen LogP contribution in [0.3, 0.4) is 0 Å². The molecule has 0 aliphatic carbocycles. The topological polar surface area (TPSA) is 42.9 Å². The molecule has 0 aliphatic heterocycles. The molecule has 5 heteroatoms. The van der Waals surface area contributed by atoms with Crippen molar-refractivity contribution >= 4 is 28.4 Å². The molecule has 0 aliphatic rings. The average molecular weight is 191 g/mol. The Morgan fingerprint density at radius 1 is 1.64 bits per heavy atom. The molecule has 1 rings (SSSR count). The van der Waals surface area contributed by atoms with Crippen LogP contribution in [0.25, 0.3) is 0 Å². The predicted molar refractivity (Wildman–Crippen MR) is 42.0 cm³/mol. The van der Waals surface area contributed by atoms with Crippen LogP contribution in [-0.2, 0) is 0 Å². The Morgan fingerprint density at radius 3 is 2.73 bits per heavy atom. The molecule has 0 amide bonds. The molecular formula is C6H4Cl2N2O. The summed E-state index contributed by atoms with van der Waals surface area (Å²) < 4.78 is 0. The van der Waals surface area contributed by atoms with Gasteiger partial charge in [0.2, 0.25) is 5.28 Å². The summed E-state index contributed by atoms with van der Waals surface area (Å²) in [4.78, 5) is 18.0. The number of rotatable bonds is 1. The smallest absolute Gasteiger partial charge is 0.255 e. The zero-order valence-electron chi connectivity index (χ0n) is 5.64. The minimum atomic E-state index is -0.570. The molecule has 3 nitrogen and oxygen atoms in total. The maximum absolute atomic E-state index is 10.6. The van der Waals surface area contributed by atoms with E-state index in [-0.39, 0.29) is 10.8 Å². The molecule has 0 unspecified atom stereocenters. The number of carbonyl (C=O) groups excluding carboxylic acids is 1. The van der Waals surface area contributed by atoms with Gasteiger partial charge in [-0.2, -0.15) is 0 Å². The summed E-state index contributed by atoms with van der Waals surface area (Å²) in [5.74, 6) is 0. The summed E-state index contributed by atoms with van der Waals surface area (Å²) in [5.41, 5.74) is 0.779. The summed E-state index contributed by atoms with van der Waals surface area (Å²) >= 11 is 10.6. The van der Waals surface area contributed by atoms with Gasteiger partial charge in [0.05, 0.1) is 11.3 Å². The minimum absolute atomic E-state index is 0.115. The average Bonchev–Trinajstić information content (AvgIpc) is 1.85. The fourth-order valence-corrected chi connectivity index (χ4v) is 0.993. The van der Waals surface area contributed by atoms with Gasteiger partial charge in [-0.05, 0) is 30.1 Å². The molecule has 0 fully saturated rings. The van der Waals surface area contributed by atoms with E-state index >= 15 is 0 Å². The highest BCUT2D eigenvalue weighted by atomic mass is 35.5. The fraction of sp³-hybridized carbons (Fsp3) is 0.167. The van der Waals surface area contributed by atoms with Crippen molar-refractivity contribution in [3.63, 3.8) is 0 Å². The number of halogens is 2. The molecule has 1 aromatic rings. The maximum Gasteiger partial charge on any atom is 0.255 e. The molecule has 0 bridgehead atoms. The highest BCUT2D eigenvalue weighted by molar-refractivity contribution is 6.67. The van der Waals surface area contributed by atoms with Crippen LogP contribution in [0.2, 0.25) is 5.28 Å². The van der Waals surface area contributed by atoms with Gasteiger partial charge >= 0.3 is 0 Å². The first-order valence-electron chi connectivity index (χ1n) is 2.80. The lowest BCUT2D eigenvalue weighted by Gasteiger charge is -1.96. The molecule has 11 heavy (non-hydrogen) atoms. The summed E-state index contributed by atoms with van der Waals surface area (Å²) in [6.45, 7) is 1.64. The van der Waals surface area contributed by atoms with Crippen molar-refractivity contribution in [1.29, 1.82) is 0 Å². The molecule has 0 aromatic carbocycles. The molecule has 0 radical (unpaired) electrons. The zero-order chi connectivity index (χ0) is 8.43. The van der Waals surface area contributed by atoms with Crippen molar-refractivity contribution in [2.24, 2.45) is 0 Å². The number of hydrogen-bond acceptors (Lipinski definition) is 3. The molecule has 0 atom stereocenters. The number of carbonyl (C=O) groups is 1. The second-order valence-corrected chi connectivity index (χ2v) is 2.59. The third-order valence-electron chi connectivity index (χ3n) is 1.16. The summed E-state index contributed by atoms with van der Waals surface area (Å²) in [6, 6.07) is 0. The first kappa shape index (κ1) is 8.43. The van der Waals surface area contributed by atoms with Crippen LogP contribution in [0.5, 0.6) is 0 Å². The largest absolute Gasteiger partial charge is 0.275 e. The van der Waals surface area contributed by atoms with Gasteiger partial charge in [0.15, 0.2) is 0 Å². The van der Waals surface area contributed by atoms with Crippen LogP contribution >= 0.6 is 23.2 Å². The molecule has 0 spiro atoms. The van der Waals surface area contributed by atoms with E-state index in [9.17, 15) is 4.79 Å². The second kappa shape index (κ2) is 3.15. The third-order valence-corrected chi connectivity index (χ3v) is 1.55. The summed E-state index contributed by atoms with van der Waals surface area (Å²) in [7, 11) is 0. The van der Waals surface area contributed by atoms with Crippen LogP contribution in [0.4, 0.5) is 0 Å². The van der Waals surface area contributed by atoms with E-state index in [1.807, 2.05) is 0 Å². The van der Waals surface area contributed by atoms with Gasteiger partial charge in [0.25, 0.3) is 5.24 Å². The van der Waals surface area contributed by atoms with Crippen molar-refractivity contribution in [1.82, 2.24) is 9.97 Å². The van der Waals surface area contributed by atoms with Crippen molar-refractivity contribution in [2.45, 2.75) is 6.92 Å². The fourth-order valence-electron chi connectivity index (χ4n) is 0.632. The summed E-state index contributed by atoms with van der Waals surface area (Å²) in [5, 5.41) is -0.455. The molecule has 1 aromatic heterocycles. The van der Waals surface area contributed by atoms with E-state index in [0.29, 0.717) is 5.69 Å². The van der Waals surface area contributed by atoms with E-state index < -0.39 is 5.24 Å². The number of nitrogens with zero attached hydrogens (tertiary/aromatic N) is 2. The molecule has 0 saturated heterocycles. The van der Waals surface area contributed by atoms with Crippen LogP contribution in [-0.4, -0.2) is 15.2 Å². The lowest BCUT2D eigenvalue weighted by Crippen LogP contribution is -1.98. The van der Waals surface area contributed by atoms with Gasteiger partial charge in [-0.15, -0.1) is 0 Å². The number of hydrogen-bond donors (Lipinski definition) is 0. The molecule has 0 saturated carbocycles. The van der Waals surface area contributed by atoms with Gasteiger partial charge in [0.1, 0.15) is 0 Å². The Bertz CT molecular complexity index is 301. The lowest BCUT2D eigenvalue weighted by molar-refractivity contribution is 0.108. The van der Waals surface area contributed by atoms with Crippen molar-refractivity contribution < 1.29 is 4.79 Å². The lowest BCUT2D eigenvalue weighted by atomic mass is 10.3. The van der Waals surface area contributed by atoms with Gasteiger partial charge in [-0.1, -0.05) is 0 Å². The monoisotopic (exact) mass is 190 g/mol. The Morgan fingerprint density at radius 2 is 2.27 bits per heavy atom. The van der Waals surface area contributed by atoms with E-state index in [2.05, 4.69) is 9.97 Å². The zero-order valence-corrected chi connectivity index (χ0v) is 7.15. The Kier molecular flexibility index (Phi) is 2.42. The van der Waals surface area contributed by atoms with Crippen molar-refractivity contribution in [3.05, 3.63) is 22.7 Å². The first-order chi connectivity index (χ1) is 5.11. The van der Waals surface area contributed by atoms with Crippen molar-refractivity contribution in [3.8, 4) is 0 Å². The quantitative estimate of drug-likeness (QED) is 0.502. The minimum Gasteiger partial charge on any atom is -0.275 e. The van der Waals surface area contributed by atoms with E-state index in [0.717, 1.165) is 0 Å². The summed E-state index contributed by atoms with van der Waals surface area (Å²) in [6.07, 6.45) is 1.31. The molecular weight excluding hydrogens is 187 g/mol. The van der Waals surface area contributed by atoms with Gasteiger partial charge < -0.3 is 0 Å². The molecule has 0 N–H and O–H groups in total. The SMILES string of the molecule is Cc1nc(Cl)ncc1C(=O)Cl. The van der Waals surface area contributed by atoms with E-state index in [1.54, 1.807) is 6.92 Å². The second-order valence-electron chi connectivity index (χ2n) is 1.91. The Labute approximate surface area is 73.4 Å². The standard InChI is InChI=1S/C6H4Cl2N2O/c1-3-4(5(7)11)2-9-6(8)10-3/h2H,1H3. The van der Waals surface area contributed by atoms with Gasteiger partial charge in [0, 0.05) is 6.20 Å². The van der Waals surface area contributed by atoms with Crippen LogP contribution in [0.1, 0.15) is 16.1 Å². The molecule has 58 valence electrons. The van der Waals surface area contributed by atoms with Crippen molar-refractivity contribution in [2.75, 3.05) is 0 Å². The third kappa shape index (κ3) is 1.88. The van der Waals surface area contributed by atoms with E-state index in [4.69, 9.17) is 23.2 Å². The molecule has 1 heterocycles. The highest BCUT2D eigenvalue weighted by Gasteiger charge is 2.07. The van der Waals surface area contributed by atoms with Crippen LogP contribution < -0.4 is 0 Å². The highest BCUT2D eigenvalue weighted by Crippen LogP contribution is 2.09. The van der Waals surface area contributed by atoms with Crippen LogP contribution in [0.15, 0.2) is 6.20 Å². The first-order valence-corrected chi connectivity index (χ1v) is 3.56. The van der Waals surface area contributed by atoms with E-state index in [1.165, 1.54) is 6.20 Å². The maximum atomic E-state index is 10.6. The normalized spacial score (nSPS) is 9.73.